The van der Waals surface area contributed by atoms with Gasteiger partial charge in [0.2, 0.25) is 0 Å². The van der Waals surface area contributed by atoms with Gasteiger partial charge in [0.25, 0.3) is 0 Å². The number of fused-ring (bicyclic) bond motifs is 1. The predicted molar refractivity (Wildman–Crippen MR) is 58.8 cm³/mol. The monoisotopic (exact) mass is 219 g/mol. The molecule has 0 aromatic carbocycles. The van der Waals surface area contributed by atoms with Gasteiger partial charge in [0.1, 0.15) is 11.3 Å². The molecule has 15 heavy (non-hydrogen) atoms. The van der Waals surface area contributed by atoms with Crippen LogP contribution in [0.1, 0.15) is 0 Å². The molecular formula is C10H9N3OS. The fourth-order valence-corrected chi connectivity index (χ4v) is 1.88. The van der Waals surface area contributed by atoms with E-state index in [9.17, 15) is 4.55 Å². The van der Waals surface area contributed by atoms with E-state index < -0.39 is 11.2 Å². The highest BCUT2D eigenvalue weighted by Gasteiger charge is 2.13. The topological polar surface area (TPSA) is 61.7 Å². The Balaban J connectivity index is 2.42. The minimum Gasteiger partial charge on any atom is -0.609 e. The van der Waals surface area contributed by atoms with E-state index >= 15 is 0 Å². The maximum atomic E-state index is 11.6. The Morgan fingerprint density at radius 1 is 1.40 bits per heavy atom. The van der Waals surface area contributed by atoms with Gasteiger partial charge in [0.15, 0.2) is 0 Å². The van der Waals surface area contributed by atoms with Crippen molar-refractivity contribution in [3.8, 4) is 0 Å². The molecule has 0 saturated carbocycles. The van der Waals surface area contributed by atoms with E-state index in [2.05, 4.69) is 21.5 Å². The lowest BCUT2D eigenvalue weighted by atomic mass is 10.4. The van der Waals surface area contributed by atoms with Crippen LogP contribution in [0, 0.1) is 0 Å². The van der Waals surface area contributed by atoms with E-state index in [0.29, 0.717) is 21.9 Å². The molecule has 5 heteroatoms. The average molecular weight is 219 g/mol. The van der Waals surface area contributed by atoms with Crippen LogP contribution in [0.25, 0.3) is 11.0 Å². The first kappa shape index (κ1) is 10.1. The quantitative estimate of drug-likeness (QED) is 0.443. The summed E-state index contributed by atoms with van der Waals surface area (Å²) in [5, 5.41) is 0.329. The van der Waals surface area contributed by atoms with E-state index in [1.54, 1.807) is 24.5 Å². The van der Waals surface area contributed by atoms with Crippen molar-refractivity contribution >= 4 is 22.2 Å². The van der Waals surface area contributed by atoms with Gasteiger partial charge in [-0.15, -0.1) is 0 Å². The largest absolute Gasteiger partial charge is 0.609 e. The number of pyridine rings is 1. The number of nitrogens with zero attached hydrogens (tertiary/aromatic N) is 3. The highest BCUT2D eigenvalue weighted by molar-refractivity contribution is 7.91. The van der Waals surface area contributed by atoms with E-state index in [-0.39, 0.29) is 0 Å². The summed E-state index contributed by atoms with van der Waals surface area (Å²) in [6.07, 6.45) is 4.84. The SMILES string of the molecule is C=CC[S+]([O-])c1ncc2ncccc2n1. The molecule has 0 N–H and O–H groups in total. The second-order valence-corrected chi connectivity index (χ2v) is 4.25. The second kappa shape index (κ2) is 4.37. The third-order valence-corrected chi connectivity index (χ3v) is 2.94. The summed E-state index contributed by atoms with van der Waals surface area (Å²) in [5.41, 5.74) is 1.41. The molecule has 0 fully saturated rings. The van der Waals surface area contributed by atoms with Gasteiger partial charge in [-0.3, -0.25) is 4.98 Å². The van der Waals surface area contributed by atoms with Crippen molar-refractivity contribution in [2.75, 3.05) is 5.75 Å². The first-order valence-corrected chi connectivity index (χ1v) is 5.70. The van der Waals surface area contributed by atoms with Crippen molar-refractivity contribution in [3.05, 3.63) is 37.2 Å². The summed E-state index contributed by atoms with van der Waals surface area (Å²) in [6.45, 7) is 3.53. The Labute approximate surface area is 90.3 Å². The van der Waals surface area contributed by atoms with Crippen molar-refractivity contribution < 1.29 is 4.55 Å². The lowest BCUT2D eigenvalue weighted by Crippen LogP contribution is -2.09. The van der Waals surface area contributed by atoms with E-state index in [1.165, 1.54) is 0 Å². The van der Waals surface area contributed by atoms with Gasteiger partial charge in [0, 0.05) is 17.4 Å². The summed E-state index contributed by atoms with van der Waals surface area (Å²) < 4.78 is 11.6. The molecule has 0 aliphatic heterocycles. The minimum atomic E-state index is -1.21. The number of rotatable bonds is 3. The Bertz CT molecular complexity index is 489. The van der Waals surface area contributed by atoms with Crippen LogP contribution in [0.2, 0.25) is 0 Å². The molecule has 2 aromatic heterocycles. The Hall–Kier alpha value is -1.46. The average Bonchev–Trinajstić information content (AvgIpc) is 2.29. The van der Waals surface area contributed by atoms with Crippen molar-refractivity contribution in [1.29, 1.82) is 0 Å². The number of aromatic nitrogens is 3. The van der Waals surface area contributed by atoms with Gasteiger partial charge in [-0.1, -0.05) is 6.58 Å². The van der Waals surface area contributed by atoms with Gasteiger partial charge >= 0.3 is 5.16 Å². The van der Waals surface area contributed by atoms with Crippen LogP contribution in [-0.2, 0) is 11.2 Å². The summed E-state index contributed by atoms with van der Waals surface area (Å²) in [6, 6.07) is 3.61. The zero-order chi connectivity index (χ0) is 10.7. The molecule has 2 aromatic rings. The van der Waals surface area contributed by atoms with Crippen LogP contribution in [0.5, 0.6) is 0 Å². The van der Waals surface area contributed by atoms with Gasteiger partial charge in [0.05, 0.1) is 11.7 Å². The Morgan fingerprint density at radius 2 is 2.27 bits per heavy atom. The highest BCUT2D eigenvalue weighted by atomic mass is 32.2. The van der Waals surface area contributed by atoms with Crippen LogP contribution < -0.4 is 0 Å². The van der Waals surface area contributed by atoms with Crippen LogP contribution in [0.3, 0.4) is 0 Å². The maximum absolute atomic E-state index is 11.6. The molecule has 1 atom stereocenters. The molecule has 0 saturated heterocycles. The van der Waals surface area contributed by atoms with Gasteiger partial charge in [-0.25, -0.2) is 0 Å². The molecule has 2 heterocycles. The molecule has 1 unspecified atom stereocenters. The van der Waals surface area contributed by atoms with Crippen LogP contribution in [0.15, 0.2) is 42.3 Å². The molecule has 0 bridgehead atoms. The standard InChI is InChI=1S/C10H9N3OS/c1-2-6-15(14)10-12-7-9-8(13-10)4-3-5-11-9/h2-5,7H,1,6H2. The molecular weight excluding hydrogens is 210 g/mol. The fourth-order valence-electron chi connectivity index (χ4n) is 1.14. The Kier molecular flexibility index (Phi) is 2.94. The van der Waals surface area contributed by atoms with Crippen LogP contribution in [-0.4, -0.2) is 25.3 Å². The zero-order valence-electron chi connectivity index (χ0n) is 7.96. The van der Waals surface area contributed by atoms with Gasteiger partial charge in [-0.2, -0.15) is 9.97 Å². The van der Waals surface area contributed by atoms with Crippen LogP contribution in [0.4, 0.5) is 0 Å². The zero-order valence-corrected chi connectivity index (χ0v) is 8.78. The van der Waals surface area contributed by atoms with Crippen molar-refractivity contribution in [2.45, 2.75) is 5.16 Å². The highest BCUT2D eigenvalue weighted by Crippen LogP contribution is 2.10. The molecule has 2 rings (SSSR count). The van der Waals surface area contributed by atoms with Crippen molar-refractivity contribution in [2.24, 2.45) is 0 Å². The number of hydrogen-bond donors (Lipinski definition) is 0. The van der Waals surface area contributed by atoms with Crippen molar-refractivity contribution in [1.82, 2.24) is 15.0 Å². The summed E-state index contributed by atoms with van der Waals surface area (Å²) in [4.78, 5) is 12.3. The summed E-state index contributed by atoms with van der Waals surface area (Å²) in [5.74, 6) is 0.367. The molecule has 0 amide bonds. The normalized spacial score (nSPS) is 12.6. The third kappa shape index (κ3) is 2.14. The molecule has 4 nitrogen and oxygen atoms in total. The maximum Gasteiger partial charge on any atom is 0.343 e. The lowest BCUT2D eigenvalue weighted by Gasteiger charge is -2.05. The van der Waals surface area contributed by atoms with Gasteiger partial charge < -0.3 is 4.55 Å². The minimum absolute atomic E-state index is 0.329. The first-order chi connectivity index (χ1) is 7.31. The van der Waals surface area contributed by atoms with Gasteiger partial charge in [-0.05, 0) is 18.2 Å². The van der Waals surface area contributed by atoms with E-state index in [0.717, 1.165) is 0 Å². The Morgan fingerprint density at radius 3 is 3.07 bits per heavy atom. The van der Waals surface area contributed by atoms with E-state index in [1.807, 2.05) is 6.07 Å². The van der Waals surface area contributed by atoms with Crippen molar-refractivity contribution in [3.63, 3.8) is 0 Å². The smallest absolute Gasteiger partial charge is 0.343 e. The fraction of sp³-hybridized carbons (Fsp3) is 0.100. The van der Waals surface area contributed by atoms with Crippen LogP contribution >= 0.6 is 0 Å². The summed E-state index contributed by atoms with van der Waals surface area (Å²) >= 11 is -1.21. The second-order valence-electron chi connectivity index (χ2n) is 2.86. The van der Waals surface area contributed by atoms with E-state index in [4.69, 9.17) is 0 Å². The molecule has 0 radical (unpaired) electrons. The summed E-state index contributed by atoms with van der Waals surface area (Å²) in [7, 11) is 0. The number of hydrogen-bond acceptors (Lipinski definition) is 4. The lowest BCUT2D eigenvalue weighted by molar-refractivity contribution is 0.590. The first-order valence-electron chi connectivity index (χ1n) is 4.38. The molecule has 0 aliphatic carbocycles. The predicted octanol–water partition coefficient (Wildman–Crippen LogP) is 1.32. The molecule has 0 spiro atoms. The molecule has 0 aliphatic rings. The molecule has 76 valence electrons. The third-order valence-electron chi connectivity index (χ3n) is 1.80.